The topological polar surface area (TPSA) is 20.2 Å². The van der Waals surface area contributed by atoms with Gasteiger partial charge in [-0.25, -0.2) is 0 Å². The lowest BCUT2D eigenvalue weighted by molar-refractivity contribution is 0.156. The zero-order valence-electron chi connectivity index (χ0n) is 7.88. The Bertz CT molecular complexity index is 134. The molecule has 0 radical (unpaired) electrons. The molecule has 0 aliphatic heterocycles. The van der Waals surface area contributed by atoms with Crippen LogP contribution in [0.5, 0.6) is 0 Å². The van der Waals surface area contributed by atoms with E-state index in [0.29, 0.717) is 4.08 Å². The standard InChI is InChI=1S/C9H18OS2/c1-11-9(12-2)6-4-3-5-8(10)7-9/h8,10H,3-7H2,1-2H3. The molecule has 0 aromatic carbocycles. The lowest BCUT2D eigenvalue weighted by Crippen LogP contribution is -2.23. The Balaban J connectivity index is 2.59. The van der Waals surface area contributed by atoms with Gasteiger partial charge in [0.1, 0.15) is 0 Å². The fraction of sp³-hybridized carbons (Fsp3) is 1.00. The minimum atomic E-state index is -0.0626. The van der Waals surface area contributed by atoms with Crippen molar-refractivity contribution in [1.82, 2.24) is 0 Å². The highest BCUT2D eigenvalue weighted by Crippen LogP contribution is 2.44. The Hall–Kier alpha value is 0.660. The largest absolute Gasteiger partial charge is 0.393 e. The van der Waals surface area contributed by atoms with Crippen LogP contribution in [-0.2, 0) is 0 Å². The van der Waals surface area contributed by atoms with Crippen LogP contribution in [0, 0.1) is 0 Å². The quantitative estimate of drug-likeness (QED) is 0.554. The average molecular weight is 206 g/mol. The van der Waals surface area contributed by atoms with Gasteiger partial charge in [0.2, 0.25) is 0 Å². The molecule has 0 amide bonds. The molecule has 0 aromatic heterocycles. The van der Waals surface area contributed by atoms with Crippen molar-refractivity contribution >= 4 is 23.5 Å². The summed E-state index contributed by atoms with van der Waals surface area (Å²) in [6, 6.07) is 0. The second-order valence-corrected chi connectivity index (χ2v) is 6.06. The van der Waals surface area contributed by atoms with E-state index in [1.165, 1.54) is 19.3 Å². The average Bonchev–Trinajstić information content (AvgIpc) is 2.28. The first-order valence-electron chi connectivity index (χ1n) is 4.51. The van der Waals surface area contributed by atoms with E-state index in [-0.39, 0.29) is 6.10 Å². The van der Waals surface area contributed by atoms with E-state index in [0.717, 1.165) is 12.8 Å². The number of hydrogen-bond acceptors (Lipinski definition) is 3. The van der Waals surface area contributed by atoms with Gasteiger partial charge in [-0.2, -0.15) is 0 Å². The minimum Gasteiger partial charge on any atom is -0.393 e. The summed E-state index contributed by atoms with van der Waals surface area (Å²) in [5.41, 5.74) is 0. The summed E-state index contributed by atoms with van der Waals surface area (Å²) in [5.74, 6) is 0. The zero-order chi connectivity index (χ0) is 9.03. The highest BCUT2D eigenvalue weighted by Gasteiger charge is 2.32. The molecule has 1 atom stereocenters. The lowest BCUT2D eigenvalue weighted by atomic mass is 10.1. The van der Waals surface area contributed by atoms with Crippen molar-refractivity contribution in [2.45, 2.75) is 42.3 Å². The van der Waals surface area contributed by atoms with Crippen LogP contribution < -0.4 is 0 Å². The van der Waals surface area contributed by atoms with Gasteiger partial charge >= 0.3 is 0 Å². The van der Waals surface area contributed by atoms with Crippen molar-refractivity contribution in [3.05, 3.63) is 0 Å². The summed E-state index contributed by atoms with van der Waals surface area (Å²) in [7, 11) is 0. The van der Waals surface area contributed by atoms with Gasteiger partial charge in [0.25, 0.3) is 0 Å². The maximum absolute atomic E-state index is 9.66. The molecule has 0 heterocycles. The van der Waals surface area contributed by atoms with Crippen LogP contribution in [-0.4, -0.2) is 27.8 Å². The lowest BCUT2D eigenvalue weighted by Gasteiger charge is -2.29. The minimum absolute atomic E-state index is 0.0626. The van der Waals surface area contributed by atoms with Crippen molar-refractivity contribution < 1.29 is 5.11 Å². The molecular weight excluding hydrogens is 188 g/mol. The first kappa shape index (κ1) is 10.7. The summed E-state index contributed by atoms with van der Waals surface area (Å²) in [6.07, 6.45) is 9.96. The second-order valence-electron chi connectivity index (χ2n) is 3.42. The molecule has 0 aromatic rings. The molecule has 1 N–H and O–H groups in total. The third-order valence-electron chi connectivity index (χ3n) is 2.64. The Morgan fingerprint density at radius 3 is 2.50 bits per heavy atom. The van der Waals surface area contributed by atoms with Gasteiger partial charge in [-0.15, -0.1) is 23.5 Å². The maximum atomic E-state index is 9.66. The molecule has 72 valence electrons. The first-order valence-corrected chi connectivity index (χ1v) is 6.96. The molecular formula is C9H18OS2. The monoisotopic (exact) mass is 206 g/mol. The number of hydrogen-bond donors (Lipinski definition) is 1. The molecule has 0 spiro atoms. The fourth-order valence-electron chi connectivity index (χ4n) is 1.79. The van der Waals surface area contributed by atoms with Gasteiger partial charge in [0, 0.05) is 0 Å². The van der Waals surface area contributed by atoms with Crippen molar-refractivity contribution in [2.75, 3.05) is 12.5 Å². The van der Waals surface area contributed by atoms with E-state index in [1.54, 1.807) is 0 Å². The van der Waals surface area contributed by atoms with Crippen molar-refractivity contribution in [3.63, 3.8) is 0 Å². The van der Waals surface area contributed by atoms with E-state index in [9.17, 15) is 5.11 Å². The van der Waals surface area contributed by atoms with E-state index >= 15 is 0 Å². The Morgan fingerprint density at radius 2 is 1.92 bits per heavy atom. The van der Waals surface area contributed by atoms with Crippen LogP contribution in [0.1, 0.15) is 32.1 Å². The van der Waals surface area contributed by atoms with Gasteiger partial charge in [-0.1, -0.05) is 12.8 Å². The third-order valence-corrected chi connectivity index (χ3v) is 5.87. The summed E-state index contributed by atoms with van der Waals surface area (Å²) in [6.45, 7) is 0. The maximum Gasteiger partial charge on any atom is 0.0630 e. The smallest absolute Gasteiger partial charge is 0.0630 e. The van der Waals surface area contributed by atoms with E-state index in [1.807, 2.05) is 23.5 Å². The number of aliphatic hydroxyl groups excluding tert-OH is 1. The molecule has 1 fully saturated rings. The Kier molecular flexibility index (Phi) is 4.27. The molecule has 1 rings (SSSR count). The van der Waals surface area contributed by atoms with Gasteiger partial charge < -0.3 is 5.11 Å². The van der Waals surface area contributed by atoms with Crippen molar-refractivity contribution in [3.8, 4) is 0 Å². The molecule has 1 aliphatic rings. The summed E-state index contributed by atoms with van der Waals surface area (Å²) < 4.78 is 0.302. The molecule has 1 aliphatic carbocycles. The predicted octanol–water partition coefficient (Wildman–Crippen LogP) is 2.73. The number of rotatable bonds is 2. The van der Waals surface area contributed by atoms with Crippen LogP contribution in [0.4, 0.5) is 0 Å². The summed E-state index contributed by atoms with van der Waals surface area (Å²) in [5, 5.41) is 9.66. The molecule has 12 heavy (non-hydrogen) atoms. The molecule has 1 saturated carbocycles. The van der Waals surface area contributed by atoms with Crippen LogP contribution in [0.15, 0.2) is 0 Å². The van der Waals surface area contributed by atoms with Crippen LogP contribution in [0.25, 0.3) is 0 Å². The molecule has 1 unspecified atom stereocenters. The van der Waals surface area contributed by atoms with Gasteiger partial charge in [0.15, 0.2) is 0 Å². The van der Waals surface area contributed by atoms with E-state index < -0.39 is 0 Å². The molecule has 0 bridgehead atoms. The van der Waals surface area contributed by atoms with Gasteiger partial charge in [-0.05, 0) is 31.8 Å². The summed E-state index contributed by atoms with van der Waals surface area (Å²) in [4.78, 5) is 0. The third kappa shape index (κ3) is 2.57. The highest BCUT2D eigenvalue weighted by atomic mass is 32.2. The molecule has 3 heteroatoms. The molecule has 1 nitrogen and oxygen atoms in total. The van der Waals surface area contributed by atoms with Crippen LogP contribution >= 0.6 is 23.5 Å². The fourth-order valence-corrected chi connectivity index (χ4v) is 3.87. The highest BCUT2D eigenvalue weighted by molar-refractivity contribution is 8.17. The zero-order valence-corrected chi connectivity index (χ0v) is 9.51. The van der Waals surface area contributed by atoms with Gasteiger partial charge in [-0.3, -0.25) is 0 Å². The SMILES string of the molecule is CSC1(SC)CCCCC(O)C1. The number of aliphatic hydroxyl groups is 1. The van der Waals surface area contributed by atoms with Crippen LogP contribution in [0.2, 0.25) is 0 Å². The normalized spacial score (nSPS) is 29.8. The Morgan fingerprint density at radius 1 is 1.25 bits per heavy atom. The van der Waals surface area contributed by atoms with Crippen molar-refractivity contribution in [2.24, 2.45) is 0 Å². The number of thioether (sulfide) groups is 2. The van der Waals surface area contributed by atoms with E-state index in [4.69, 9.17) is 0 Å². The summed E-state index contributed by atoms with van der Waals surface area (Å²) >= 11 is 3.83. The predicted molar refractivity (Wildman–Crippen MR) is 58.9 cm³/mol. The Labute approximate surface area is 83.7 Å². The first-order chi connectivity index (χ1) is 5.72. The molecule has 0 saturated heterocycles. The second kappa shape index (κ2) is 4.77. The van der Waals surface area contributed by atoms with Crippen LogP contribution in [0.3, 0.4) is 0 Å². The van der Waals surface area contributed by atoms with Gasteiger partial charge in [0.05, 0.1) is 10.2 Å². The van der Waals surface area contributed by atoms with E-state index in [2.05, 4.69) is 12.5 Å². The van der Waals surface area contributed by atoms with Crippen molar-refractivity contribution in [1.29, 1.82) is 0 Å².